The molecule has 0 spiro atoms. The highest BCUT2D eigenvalue weighted by Gasteiger charge is 2.20. The Kier molecular flexibility index (Phi) is 8.66. The van der Waals surface area contributed by atoms with Crippen LogP contribution < -0.4 is 20.6 Å². The third kappa shape index (κ3) is 6.43. The van der Waals surface area contributed by atoms with E-state index in [1.807, 2.05) is 13.8 Å². The molecule has 2 rings (SSSR count). The van der Waals surface area contributed by atoms with Gasteiger partial charge in [0.1, 0.15) is 17.4 Å². The van der Waals surface area contributed by atoms with Gasteiger partial charge >= 0.3 is 0 Å². The lowest BCUT2D eigenvalue weighted by Gasteiger charge is -2.13. The van der Waals surface area contributed by atoms with Crippen LogP contribution in [0.25, 0.3) is 0 Å². The van der Waals surface area contributed by atoms with Crippen LogP contribution in [0.5, 0.6) is 11.5 Å². The third-order valence-electron chi connectivity index (χ3n) is 4.00. The Morgan fingerprint density at radius 3 is 2.60 bits per heavy atom. The molecule has 0 aliphatic heterocycles. The maximum Gasteiger partial charge on any atom is 0.245 e. The second-order valence-electron chi connectivity index (χ2n) is 6.96. The van der Waals surface area contributed by atoms with Crippen molar-refractivity contribution >= 4 is 33.5 Å². The molecule has 0 radical (unpaired) electrons. The van der Waals surface area contributed by atoms with E-state index in [1.165, 1.54) is 12.1 Å². The summed E-state index contributed by atoms with van der Waals surface area (Å²) in [5.74, 6) is -0.0332. The summed E-state index contributed by atoms with van der Waals surface area (Å²) in [6, 6.07) is 7.24. The molecule has 162 valence electrons. The average molecular weight is 455 g/mol. The molecule has 6 N–H and O–H groups in total. The molecule has 0 aromatic heterocycles. The standard InChI is InChI=1S/C21H25ClFN3O3S/c1-11(2)29-18-5-4-13(7-16(18)22)20(25)30-21(26)15-8-17(23)19(6-12(15)3)28-10-14(24)9-27/h4-8,11,14,25-27H,9-10,24H2,1-3H3/p+1/t14-/m1/s1. The maximum absolute atomic E-state index is 14.4. The van der Waals surface area contributed by atoms with Gasteiger partial charge in [-0.25, -0.2) is 9.80 Å². The Hall–Kier alpha value is -2.13. The van der Waals surface area contributed by atoms with Crippen molar-refractivity contribution in [2.24, 2.45) is 5.73 Å². The number of aliphatic hydroxyl groups excluding tert-OH is 1. The Bertz CT molecular complexity index is 940. The molecule has 2 aromatic carbocycles. The van der Waals surface area contributed by atoms with Gasteiger partial charge in [0.25, 0.3) is 0 Å². The van der Waals surface area contributed by atoms with Crippen LogP contribution in [0.4, 0.5) is 4.39 Å². The van der Waals surface area contributed by atoms with Gasteiger partial charge in [-0.1, -0.05) is 11.6 Å². The predicted molar refractivity (Wildman–Crippen MR) is 119 cm³/mol. The topological polar surface area (TPSA) is 114 Å². The van der Waals surface area contributed by atoms with Crippen LogP contribution in [0, 0.1) is 18.2 Å². The van der Waals surface area contributed by atoms with Gasteiger partial charge in [0.15, 0.2) is 11.6 Å². The summed E-state index contributed by atoms with van der Waals surface area (Å²) >= 11 is 7.24. The van der Waals surface area contributed by atoms with Crippen molar-refractivity contribution in [1.82, 2.24) is 0 Å². The first-order chi connectivity index (χ1) is 14.1. The van der Waals surface area contributed by atoms with Gasteiger partial charge in [0.2, 0.25) is 5.04 Å². The Balaban J connectivity index is 2.12. The van der Waals surface area contributed by atoms with E-state index in [0.29, 0.717) is 27.5 Å². The molecule has 0 unspecified atom stereocenters. The number of hydrogen-bond acceptors (Lipinski definition) is 6. The van der Waals surface area contributed by atoms with Gasteiger partial charge in [0.05, 0.1) is 29.3 Å². The normalized spacial score (nSPS) is 12.0. The molecule has 0 bridgehead atoms. The molecular formula is C21H26ClFN3O3S+. The van der Waals surface area contributed by atoms with Crippen LogP contribution in [0.15, 0.2) is 30.3 Å². The zero-order valence-electron chi connectivity index (χ0n) is 17.0. The van der Waals surface area contributed by atoms with Crippen molar-refractivity contribution in [3.05, 3.63) is 57.9 Å². The number of thioether (sulfide) groups is 1. The van der Waals surface area contributed by atoms with Gasteiger partial charge < -0.3 is 20.3 Å². The van der Waals surface area contributed by atoms with Gasteiger partial charge in [-0.05, 0) is 68.4 Å². The second kappa shape index (κ2) is 10.8. The minimum absolute atomic E-state index is 0.0118. The average Bonchev–Trinajstić information content (AvgIpc) is 2.68. The maximum atomic E-state index is 14.4. The van der Waals surface area contributed by atoms with Crippen molar-refractivity contribution in [1.29, 1.82) is 5.41 Å². The lowest BCUT2D eigenvalue weighted by atomic mass is 10.1. The van der Waals surface area contributed by atoms with E-state index in [1.54, 1.807) is 25.1 Å². The summed E-state index contributed by atoms with van der Waals surface area (Å²) in [5, 5.41) is 24.3. The minimum atomic E-state index is -0.603. The second-order valence-corrected chi connectivity index (χ2v) is 8.42. The number of aryl methyl sites for hydroxylation is 1. The van der Waals surface area contributed by atoms with Gasteiger partial charge in [0, 0.05) is 5.56 Å². The van der Waals surface area contributed by atoms with Crippen LogP contribution in [0.3, 0.4) is 0 Å². The van der Waals surface area contributed by atoms with E-state index in [9.17, 15) is 4.39 Å². The molecule has 0 amide bonds. The van der Waals surface area contributed by atoms with Crippen LogP contribution in [0.2, 0.25) is 5.02 Å². The first-order valence-electron chi connectivity index (χ1n) is 9.27. The number of halogens is 2. The molecule has 9 heteroatoms. The Morgan fingerprint density at radius 2 is 2.00 bits per heavy atom. The number of ether oxygens (including phenoxy) is 2. The van der Waals surface area contributed by atoms with E-state index in [-0.39, 0.29) is 35.2 Å². The van der Waals surface area contributed by atoms with Gasteiger partial charge in [-0.2, -0.15) is 0 Å². The highest BCUT2D eigenvalue weighted by Crippen LogP contribution is 2.29. The van der Waals surface area contributed by atoms with Crippen molar-refractivity contribution in [2.75, 3.05) is 13.2 Å². The summed E-state index contributed by atoms with van der Waals surface area (Å²) < 4.78 is 25.3. The van der Waals surface area contributed by atoms with Gasteiger partial charge in [-0.15, -0.1) is 0 Å². The molecule has 0 aliphatic rings. The molecular weight excluding hydrogens is 429 g/mol. The van der Waals surface area contributed by atoms with Crippen molar-refractivity contribution in [3.63, 3.8) is 0 Å². The smallest absolute Gasteiger partial charge is 0.245 e. The molecule has 0 saturated heterocycles. The van der Waals surface area contributed by atoms with E-state index < -0.39 is 11.9 Å². The molecule has 0 heterocycles. The fourth-order valence-corrected chi connectivity index (χ4v) is 3.52. The molecule has 1 atom stereocenters. The number of hydrogen-bond donors (Lipinski definition) is 4. The van der Waals surface area contributed by atoms with Crippen molar-refractivity contribution in [2.45, 2.75) is 32.9 Å². The van der Waals surface area contributed by atoms with E-state index in [0.717, 1.165) is 11.8 Å². The monoisotopic (exact) mass is 454 g/mol. The van der Waals surface area contributed by atoms with Crippen molar-refractivity contribution < 1.29 is 24.4 Å². The van der Waals surface area contributed by atoms with Crippen LogP contribution in [0.1, 0.15) is 30.5 Å². The first-order valence-corrected chi connectivity index (χ1v) is 10.5. The fourth-order valence-electron chi connectivity index (χ4n) is 2.50. The molecule has 0 fully saturated rings. The number of nitrogens with two attached hydrogens (primary N) is 2. The fraction of sp³-hybridized carbons (Fsp3) is 0.333. The molecule has 6 nitrogen and oxygen atoms in total. The van der Waals surface area contributed by atoms with E-state index >= 15 is 0 Å². The summed E-state index contributed by atoms with van der Waals surface area (Å²) in [5.41, 5.74) is 7.29. The largest absolute Gasteiger partial charge is 0.489 e. The minimum Gasteiger partial charge on any atom is -0.489 e. The number of nitrogens with one attached hydrogen (secondary N) is 1. The molecule has 0 saturated carbocycles. The summed E-state index contributed by atoms with van der Waals surface area (Å²) in [6.07, 6.45) is -0.0182. The first kappa shape index (κ1) is 24.1. The lowest BCUT2D eigenvalue weighted by Crippen LogP contribution is -2.39. The van der Waals surface area contributed by atoms with Crippen LogP contribution >= 0.6 is 23.4 Å². The SMILES string of the molecule is Cc1cc(OC[C@H](N)CO)c(F)cc1C(=[NH2+])SC(=N)c1ccc(OC(C)C)c(Cl)c1. The quantitative estimate of drug-likeness (QED) is 0.361. The third-order valence-corrected chi connectivity index (χ3v) is 5.18. The van der Waals surface area contributed by atoms with Gasteiger partial charge in [-0.3, -0.25) is 5.41 Å². The highest BCUT2D eigenvalue weighted by atomic mass is 35.5. The lowest BCUT2D eigenvalue weighted by molar-refractivity contribution is -0.107. The van der Waals surface area contributed by atoms with E-state index in [4.69, 9.17) is 42.7 Å². The Morgan fingerprint density at radius 1 is 1.30 bits per heavy atom. The number of benzene rings is 2. The van der Waals surface area contributed by atoms with Crippen LogP contribution in [-0.2, 0) is 0 Å². The molecule has 30 heavy (non-hydrogen) atoms. The summed E-state index contributed by atoms with van der Waals surface area (Å²) in [7, 11) is 0. The Labute approximate surface area is 184 Å². The summed E-state index contributed by atoms with van der Waals surface area (Å²) in [4.78, 5) is 0. The zero-order valence-corrected chi connectivity index (χ0v) is 18.6. The number of rotatable bonds is 8. The number of aliphatic hydroxyl groups is 1. The predicted octanol–water partition coefficient (Wildman–Crippen LogP) is 2.54. The molecule has 2 aromatic rings. The van der Waals surface area contributed by atoms with E-state index in [2.05, 4.69) is 0 Å². The van der Waals surface area contributed by atoms with Crippen molar-refractivity contribution in [3.8, 4) is 11.5 Å². The zero-order chi connectivity index (χ0) is 22.4. The summed E-state index contributed by atoms with van der Waals surface area (Å²) in [6.45, 7) is 5.29. The van der Waals surface area contributed by atoms with Crippen LogP contribution in [-0.4, -0.2) is 40.6 Å². The molecule has 0 aliphatic carbocycles. The highest BCUT2D eigenvalue weighted by molar-refractivity contribution is 8.27.